The van der Waals surface area contributed by atoms with Crippen molar-refractivity contribution in [2.45, 2.75) is 26.3 Å². The Labute approximate surface area is 126 Å². The third kappa shape index (κ3) is 4.72. The van der Waals surface area contributed by atoms with E-state index in [0.717, 1.165) is 31.8 Å². The fraction of sp³-hybridized carbons (Fsp3) is 0.562. The highest BCUT2D eigenvalue weighted by atomic mass is 16.5. The number of nitrogens with one attached hydrogen (secondary N) is 1. The van der Waals surface area contributed by atoms with Gasteiger partial charge in [-0.05, 0) is 50.7 Å². The summed E-state index contributed by atoms with van der Waals surface area (Å²) in [4.78, 5) is 14.2. The highest BCUT2D eigenvalue weighted by Gasteiger charge is 2.23. The molecule has 1 unspecified atom stereocenters. The van der Waals surface area contributed by atoms with Crippen LogP contribution in [0.2, 0.25) is 0 Å². The number of hydrogen-bond acceptors (Lipinski definition) is 5. The van der Waals surface area contributed by atoms with Crippen LogP contribution in [0.4, 0.5) is 0 Å². The summed E-state index contributed by atoms with van der Waals surface area (Å²) in [6.45, 7) is 7.79. The molecule has 0 radical (unpaired) electrons. The van der Waals surface area contributed by atoms with Crippen molar-refractivity contribution in [1.82, 2.24) is 10.2 Å². The summed E-state index contributed by atoms with van der Waals surface area (Å²) in [6, 6.07) is 7.57. The standard InChI is InChI=1S/C16H24N2O3/c1-3-18(13-9-10-17-11-13)12-16(19)21-15-7-5-14(6-8-15)20-4-2/h5-8,13,17H,3-4,9-12H2,1-2H3. The summed E-state index contributed by atoms with van der Waals surface area (Å²) in [6.07, 6.45) is 1.09. The lowest BCUT2D eigenvalue weighted by atomic mass is 10.2. The largest absolute Gasteiger partial charge is 0.494 e. The molecule has 1 aromatic rings. The van der Waals surface area contributed by atoms with Gasteiger partial charge in [0.2, 0.25) is 0 Å². The van der Waals surface area contributed by atoms with Crippen LogP contribution < -0.4 is 14.8 Å². The van der Waals surface area contributed by atoms with Gasteiger partial charge >= 0.3 is 5.97 Å². The third-order valence-electron chi connectivity index (χ3n) is 3.66. The highest BCUT2D eigenvalue weighted by Crippen LogP contribution is 2.18. The molecule has 2 rings (SSSR count). The van der Waals surface area contributed by atoms with E-state index in [1.807, 2.05) is 19.1 Å². The number of hydrogen-bond donors (Lipinski definition) is 1. The van der Waals surface area contributed by atoms with Crippen molar-refractivity contribution in [3.05, 3.63) is 24.3 Å². The molecule has 0 bridgehead atoms. The molecule has 1 heterocycles. The SMILES string of the molecule is CCOc1ccc(OC(=O)CN(CC)C2CCNC2)cc1. The monoisotopic (exact) mass is 292 g/mol. The van der Waals surface area contributed by atoms with Gasteiger partial charge in [-0.3, -0.25) is 9.69 Å². The summed E-state index contributed by atoms with van der Waals surface area (Å²) in [5, 5.41) is 3.32. The topological polar surface area (TPSA) is 50.8 Å². The Bertz CT molecular complexity index is 441. The minimum Gasteiger partial charge on any atom is -0.494 e. The predicted octanol–water partition coefficient (Wildman–Crippen LogP) is 1.67. The van der Waals surface area contributed by atoms with Crippen LogP contribution in [-0.2, 0) is 4.79 Å². The van der Waals surface area contributed by atoms with Crippen LogP contribution in [0.5, 0.6) is 11.5 Å². The number of rotatable bonds is 7. The second kappa shape index (κ2) is 8.00. The highest BCUT2D eigenvalue weighted by molar-refractivity contribution is 5.74. The first-order valence-electron chi connectivity index (χ1n) is 7.61. The average Bonchev–Trinajstić information content (AvgIpc) is 3.01. The van der Waals surface area contributed by atoms with E-state index in [1.54, 1.807) is 12.1 Å². The van der Waals surface area contributed by atoms with E-state index in [4.69, 9.17) is 9.47 Å². The zero-order chi connectivity index (χ0) is 15.1. The number of carbonyl (C=O) groups excluding carboxylic acids is 1. The molecule has 1 fully saturated rings. The van der Waals surface area contributed by atoms with E-state index in [0.29, 0.717) is 24.9 Å². The van der Waals surface area contributed by atoms with Crippen molar-refractivity contribution in [1.29, 1.82) is 0 Å². The second-order valence-electron chi connectivity index (χ2n) is 5.09. The molecule has 1 atom stereocenters. The van der Waals surface area contributed by atoms with Gasteiger partial charge in [-0.25, -0.2) is 0 Å². The number of likely N-dealkylation sites (N-methyl/N-ethyl adjacent to an activating group) is 1. The van der Waals surface area contributed by atoms with Crippen LogP contribution in [0.25, 0.3) is 0 Å². The molecule has 1 N–H and O–H groups in total. The molecule has 0 aromatic heterocycles. The predicted molar refractivity (Wildman–Crippen MR) is 81.8 cm³/mol. The Morgan fingerprint density at radius 1 is 1.29 bits per heavy atom. The Morgan fingerprint density at radius 3 is 2.57 bits per heavy atom. The number of benzene rings is 1. The third-order valence-corrected chi connectivity index (χ3v) is 3.66. The van der Waals surface area contributed by atoms with Gasteiger partial charge in [0.05, 0.1) is 13.2 Å². The van der Waals surface area contributed by atoms with Gasteiger partial charge < -0.3 is 14.8 Å². The Balaban J connectivity index is 1.85. The molecule has 1 aliphatic heterocycles. The summed E-state index contributed by atoms with van der Waals surface area (Å²) in [5.74, 6) is 1.13. The molecule has 1 aliphatic rings. The lowest BCUT2D eigenvalue weighted by molar-refractivity contribution is -0.136. The van der Waals surface area contributed by atoms with Crippen molar-refractivity contribution >= 4 is 5.97 Å². The zero-order valence-corrected chi connectivity index (χ0v) is 12.8. The van der Waals surface area contributed by atoms with Crippen molar-refractivity contribution < 1.29 is 14.3 Å². The van der Waals surface area contributed by atoms with Gasteiger partial charge in [-0.1, -0.05) is 6.92 Å². The first kappa shape index (κ1) is 15.8. The van der Waals surface area contributed by atoms with Gasteiger partial charge in [-0.2, -0.15) is 0 Å². The minimum absolute atomic E-state index is 0.215. The van der Waals surface area contributed by atoms with Crippen molar-refractivity contribution in [3.63, 3.8) is 0 Å². The van der Waals surface area contributed by atoms with E-state index in [-0.39, 0.29) is 5.97 Å². The summed E-state index contributed by atoms with van der Waals surface area (Å²) in [7, 11) is 0. The number of carbonyl (C=O) groups is 1. The molecule has 0 spiro atoms. The smallest absolute Gasteiger partial charge is 0.325 e. The molecule has 1 saturated heterocycles. The lowest BCUT2D eigenvalue weighted by Gasteiger charge is -2.25. The summed E-state index contributed by atoms with van der Waals surface area (Å²) in [5.41, 5.74) is 0. The maximum atomic E-state index is 12.0. The normalized spacial score (nSPS) is 18.0. The first-order chi connectivity index (χ1) is 10.2. The van der Waals surface area contributed by atoms with E-state index in [2.05, 4.69) is 17.1 Å². The fourth-order valence-electron chi connectivity index (χ4n) is 2.55. The molecule has 0 saturated carbocycles. The van der Waals surface area contributed by atoms with Crippen LogP contribution in [0, 0.1) is 0 Å². The minimum atomic E-state index is -0.215. The van der Waals surface area contributed by atoms with Crippen LogP contribution in [-0.4, -0.2) is 49.7 Å². The van der Waals surface area contributed by atoms with Gasteiger partial charge in [0, 0.05) is 12.6 Å². The molecule has 5 heteroatoms. The van der Waals surface area contributed by atoms with Crippen LogP contribution in [0.1, 0.15) is 20.3 Å². The second-order valence-corrected chi connectivity index (χ2v) is 5.09. The van der Waals surface area contributed by atoms with E-state index in [9.17, 15) is 4.79 Å². The van der Waals surface area contributed by atoms with E-state index in [1.165, 1.54) is 0 Å². The van der Waals surface area contributed by atoms with Crippen molar-refractivity contribution in [2.75, 3.05) is 32.8 Å². The van der Waals surface area contributed by atoms with Crippen molar-refractivity contribution in [3.8, 4) is 11.5 Å². The van der Waals surface area contributed by atoms with Crippen LogP contribution in [0.15, 0.2) is 24.3 Å². The fourth-order valence-corrected chi connectivity index (χ4v) is 2.55. The van der Waals surface area contributed by atoms with E-state index < -0.39 is 0 Å². The summed E-state index contributed by atoms with van der Waals surface area (Å²) < 4.78 is 10.7. The zero-order valence-electron chi connectivity index (χ0n) is 12.8. The Morgan fingerprint density at radius 2 is 2.00 bits per heavy atom. The lowest BCUT2D eigenvalue weighted by Crippen LogP contribution is -2.41. The van der Waals surface area contributed by atoms with E-state index >= 15 is 0 Å². The quantitative estimate of drug-likeness (QED) is 0.612. The Kier molecular flexibility index (Phi) is 6.02. The number of nitrogens with zero attached hydrogens (tertiary/aromatic N) is 1. The Hall–Kier alpha value is -1.59. The van der Waals surface area contributed by atoms with Crippen LogP contribution >= 0.6 is 0 Å². The van der Waals surface area contributed by atoms with Crippen LogP contribution in [0.3, 0.4) is 0 Å². The molecule has 0 amide bonds. The molecular formula is C16H24N2O3. The summed E-state index contributed by atoms with van der Waals surface area (Å²) >= 11 is 0. The number of ether oxygens (including phenoxy) is 2. The maximum Gasteiger partial charge on any atom is 0.325 e. The van der Waals surface area contributed by atoms with Crippen molar-refractivity contribution in [2.24, 2.45) is 0 Å². The molecular weight excluding hydrogens is 268 g/mol. The maximum absolute atomic E-state index is 12.0. The first-order valence-corrected chi connectivity index (χ1v) is 7.61. The van der Waals surface area contributed by atoms with Gasteiger partial charge in [0.1, 0.15) is 11.5 Å². The molecule has 116 valence electrons. The van der Waals surface area contributed by atoms with Gasteiger partial charge in [-0.15, -0.1) is 0 Å². The van der Waals surface area contributed by atoms with Gasteiger partial charge in [0.15, 0.2) is 0 Å². The molecule has 0 aliphatic carbocycles. The van der Waals surface area contributed by atoms with Gasteiger partial charge in [0.25, 0.3) is 0 Å². The molecule has 5 nitrogen and oxygen atoms in total. The number of esters is 1. The average molecular weight is 292 g/mol. The molecule has 21 heavy (non-hydrogen) atoms. The molecule has 1 aromatic carbocycles.